The largest absolute Gasteiger partial charge is 0.367 e. The van der Waals surface area contributed by atoms with Crippen LogP contribution >= 0.6 is 0 Å². The highest BCUT2D eigenvalue weighted by Crippen LogP contribution is 2.24. The molecule has 0 atom stereocenters. The minimum absolute atomic E-state index is 0.234. The van der Waals surface area contributed by atoms with Gasteiger partial charge in [0, 0.05) is 55.8 Å². The van der Waals surface area contributed by atoms with Gasteiger partial charge in [0.1, 0.15) is 5.65 Å². The molecular weight excluding hydrogens is 330 g/mol. The lowest BCUT2D eigenvalue weighted by Gasteiger charge is -2.36. The maximum atomic E-state index is 12.2. The molecule has 2 aromatic heterocycles. The van der Waals surface area contributed by atoms with Crippen LogP contribution < -0.4 is 10.6 Å². The summed E-state index contributed by atoms with van der Waals surface area (Å²) in [6, 6.07) is 2.06. The number of hydrogen-bond donors (Lipinski definition) is 2. The van der Waals surface area contributed by atoms with Gasteiger partial charge in [-0.2, -0.15) is 0 Å². The Morgan fingerprint density at radius 3 is 2.69 bits per heavy atom. The highest BCUT2D eigenvalue weighted by molar-refractivity contribution is 5.95. The van der Waals surface area contributed by atoms with Gasteiger partial charge in [0.15, 0.2) is 0 Å². The number of H-pyrrole nitrogens is 1. The van der Waals surface area contributed by atoms with Crippen molar-refractivity contribution in [3.05, 3.63) is 30.1 Å². The number of nitrogens with zero attached hydrogens (tertiary/aromatic N) is 3. The average Bonchev–Trinajstić information content (AvgIpc) is 3.01. The van der Waals surface area contributed by atoms with E-state index in [1.54, 1.807) is 6.08 Å². The van der Waals surface area contributed by atoms with Gasteiger partial charge in [0.25, 0.3) is 0 Å². The van der Waals surface area contributed by atoms with Gasteiger partial charge in [-0.05, 0) is 18.1 Å². The standard InChI is InChI=1S/C19H25N5O2/c1-13(2)9-18(26)24-7-5-23(6-8-24)15-10-16-14(3-4-17(20)25)11-21-19(16)22-12-15/h3-4,10-13H,5-9H2,1-2H3,(H2,20,25)(H,21,22)/b4-3+. The Labute approximate surface area is 152 Å². The molecule has 0 aliphatic carbocycles. The number of aromatic nitrogens is 2. The van der Waals surface area contributed by atoms with Crippen molar-refractivity contribution in [1.82, 2.24) is 14.9 Å². The number of piperazine rings is 1. The number of amides is 2. The second-order valence-electron chi connectivity index (χ2n) is 7.04. The lowest BCUT2D eigenvalue weighted by Crippen LogP contribution is -2.49. The molecule has 0 bridgehead atoms. The normalized spacial score (nSPS) is 15.3. The number of rotatable bonds is 5. The SMILES string of the molecule is CC(C)CC(=O)N1CCN(c2cnc3[nH]cc(/C=C/C(N)=O)c3c2)CC1. The number of carbonyl (C=O) groups excluding carboxylic acids is 2. The minimum Gasteiger partial charge on any atom is -0.367 e. The first-order valence-electron chi connectivity index (χ1n) is 8.91. The summed E-state index contributed by atoms with van der Waals surface area (Å²) in [5, 5.41) is 0.943. The van der Waals surface area contributed by atoms with E-state index in [0.29, 0.717) is 12.3 Å². The molecule has 0 radical (unpaired) electrons. The van der Waals surface area contributed by atoms with Crippen molar-refractivity contribution in [2.24, 2.45) is 11.7 Å². The number of nitrogens with one attached hydrogen (secondary N) is 1. The number of hydrogen-bond acceptors (Lipinski definition) is 4. The van der Waals surface area contributed by atoms with Crippen LogP contribution in [0.1, 0.15) is 25.8 Å². The first-order chi connectivity index (χ1) is 12.4. The number of primary amides is 1. The average molecular weight is 355 g/mol. The molecule has 0 aromatic carbocycles. The summed E-state index contributed by atoms with van der Waals surface area (Å²) in [5.74, 6) is 0.135. The molecule has 7 nitrogen and oxygen atoms in total. The van der Waals surface area contributed by atoms with Crippen LogP contribution in [0, 0.1) is 5.92 Å². The Bertz CT molecular complexity index is 832. The van der Waals surface area contributed by atoms with E-state index in [-0.39, 0.29) is 5.91 Å². The van der Waals surface area contributed by atoms with E-state index in [1.165, 1.54) is 6.08 Å². The minimum atomic E-state index is -0.481. The summed E-state index contributed by atoms with van der Waals surface area (Å²) in [5.41, 5.74) is 7.83. The van der Waals surface area contributed by atoms with Gasteiger partial charge in [-0.3, -0.25) is 9.59 Å². The number of pyridine rings is 1. The number of nitrogens with two attached hydrogens (primary N) is 1. The Morgan fingerprint density at radius 2 is 2.04 bits per heavy atom. The molecule has 2 aromatic rings. The molecule has 7 heteroatoms. The van der Waals surface area contributed by atoms with Gasteiger partial charge in [0.2, 0.25) is 11.8 Å². The fourth-order valence-electron chi connectivity index (χ4n) is 3.19. The van der Waals surface area contributed by atoms with Crippen LogP contribution in [0.5, 0.6) is 0 Å². The molecule has 0 spiro atoms. The molecule has 1 aliphatic heterocycles. The summed E-state index contributed by atoms with van der Waals surface area (Å²) < 4.78 is 0. The van der Waals surface area contributed by atoms with E-state index >= 15 is 0 Å². The topological polar surface area (TPSA) is 95.3 Å². The quantitative estimate of drug-likeness (QED) is 0.799. The molecule has 3 N–H and O–H groups in total. The molecule has 1 fully saturated rings. The van der Waals surface area contributed by atoms with Crippen molar-refractivity contribution in [3.63, 3.8) is 0 Å². The number of fused-ring (bicyclic) bond motifs is 1. The van der Waals surface area contributed by atoms with Crippen LogP contribution in [0.3, 0.4) is 0 Å². The van der Waals surface area contributed by atoms with E-state index in [0.717, 1.165) is 48.5 Å². The van der Waals surface area contributed by atoms with Gasteiger partial charge >= 0.3 is 0 Å². The van der Waals surface area contributed by atoms with Crippen LogP contribution in [-0.2, 0) is 9.59 Å². The number of aromatic amines is 1. The van der Waals surface area contributed by atoms with Crippen molar-refractivity contribution < 1.29 is 9.59 Å². The van der Waals surface area contributed by atoms with Crippen LogP contribution in [0.2, 0.25) is 0 Å². The summed E-state index contributed by atoms with van der Waals surface area (Å²) in [7, 11) is 0. The molecule has 3 heterocycles. The zero-order valence-electron chi connectivity index (χ0n) is 15.2. The van der Waals surface area contributed by atoms with E-state index in [1.807, 2.05) is 17.3 Å². The first-order valence-corrected chi connectivity index (χ1v) is 8.91. The van der Waals surface area contributed by atoms with Gasteiger partial charge < -0.3 is 20.5 Å². The van der Waals surface area contributed by atoms with Gasteiger partial charge in [-0.25, -0.2) is 4.98 Å². The molecule has 0 saturated carbocycles. The van der Waals surface area contributed by atoms with Crippen molar-refractivity contribution in [3.8, 4) is 0 Å². The van der Waals surface area contributed by atoms with Gasteiger partial charge in [0.05, 0.1) is 11.9 Å². The van der Waals surface area contributed by atoms with Gasteiger partial charge in [-0.15, -0.1) is 0 Å². The highest BCUT2D eigenvalue weighted by atomic mass is 16.2. The molecule has 1 aliphatic rings. The zero-order valence-corrected chi connectivity index (χ0v) is 15.2. The maximum absolute atomic E-state index is 12.2. The smallest absolute Gasteiger partial charge is 0.241 e. The Balaban J connectivity index is 1.72. The van der Waals surface area contributed by atoms with Crippen molar-refractivity contribution in [1.29, 1.82) is 0 Å². The van der Waals surface area contributed by atoms with E-state index in [2.05, 4.69) is 34.8 Å². The predicted molar refractivity (Wildman–Crippen MR) is 103 cm³/mol. The van der Waals surface area contributed by atoms with Crippen molar-refractivity contribution in [2.75, 3.05) is 31.1 Å². The van der Waals surface area contributed by atoms with E-state index in [4.69, 9.17) is 5.73 Å². The van der Waals surface area contributed by atoms with E-state index < -0.39 is 5.91 Å². The summed E-state index contributed by atoms with van der Waals surface area (Å²) in [4.78, 5) is 34.9. The van der Waals surface area contributed by atoms with Crippen LogP contribution in [-0.4, -0.2) is 52.9 Å². The Hall–Kier alpha value is -2.83. The summed E-state index contributed by atoms with van der Waals surface area (Å²) in [6.07, 6.45) is 7.28. The highest BCUT2D eigenvalue weighted by Gasteiger charge is 2.22. The number of anilines is 1. The number of carbonyl (C=O) groups is 2. The van der Waals surface area contributed by atoms with Crippen molar-refractivity contribution >= 4 is 34.6 Å². The summed E-state index contributed by atoms with van der Waals surface area (Å²) >= 11 is 0. The maximum Gasteiger partial charge on any atom is 0.241 e. The third kappa shape index (κ3) is 4.04. The molecule has 0 unspecified atom stereocenters. The molecular formula is C19H25N5O2. The van der Waals surface area contributed by atoms with E-state index in [9.17, 15) is 9.59 Å². The first kappa shape index (κ1) is 18.0. The fraction of sp³-hybridized carbons (Fsp3) is 0.421. The molecule has 26 heavy (non-hydrogen) atoms. The third-order valence-corrected chi connectivity index (χ3v) is 4.56. The zero-order chi connectivity index (χ0) is 18.7. The monoisotopic (exact) mass is 355 g/mol. The predicted octanol–water partition coefficient (Wildman–Crippen LogP) is 1.76. The summed E-state index contributed by atoms with van der Waals surface area (Å²) in [6.45, 7) is 7.16. The second-order valence-corrected chi connectivity index (χ2v) is 7.04. The molecule has 3 rings (SSSR count). The van der Waals surface area contributed by atoms with Crippen LogP contribution in [0.15, 0.2) is 24.5 Å². The third-order valence-electron chi connectivity index (χ3n) is 4.56. The van der Waals surface area contributed by atoms with Gasteiger partial charge in [-0.1, -0.05) is 13.8 Å². The van der Waals surface area contributed by atoms with Crippen molar-refractivity contribution in [2.45, 2.75) is 20.3 Å². The molecule has 1 saturated heterocycles. The molecule has 138 valence electrons. The Morgan fingerprint density at radius 1 is 1.31 bits per heavy atom. The van der Waals surface area contributed by atoms with Crippen LogP contribution in [0.25, 0.3) is 17.1 Å². The molecule has 2 amide bonds. The van der Waals surface area contributed by atoms with Crippen LogP contribution in [0.4, 0.5) is 5.69 Å². The second kappa shape index (κ2) is 7.59. The lowest BCUT2D eigenvalue weighted by atomic mass is 10.1. The lowest BCUT2D eigenvalue weighted by molar-refractivity contribution is -0.132. The fourth-order valence-corrected chi connectivity index (χ4v) is 3.19. The Kier molecular flexibility index (Phi) is 5.25.